The molecule has 0 N–H and O–H groups in total. The summed E-state index contributed by atoms with van der Waals surface area (Å²) in [6.07, 6.45) is 3.98. The molecule has 0 spiro atoms. The Morgan fingerprint density at radius 3 is 2.78 bits per heavy atom. The molecule has 0 bridgehead atoms. The summed E-state index contributed by atoms with van der Waals surface area (Å²) in [5.74, 6) is -0.422. The van der Waals surface area contributed by atoms with E-state index in [9.17, 15) is 12.8 Å². The van der Waals surface area contributed by atoms with Gasteiger partial charge in [0.05, 0.1) is 11.5 Å². The van der Waals surface area contributed by atoms with Gasteiger partial charge in [0.2, 0.25) is 0 Å². The molecule has 1 fully saturated rings. The van der Waals surface area contributed by atoms with Gasteiger partial charge in [0.15, 0.2) is 9.84 Å². The smallest absolute Gasteiger partial charge is 0.175 e. The second-order valence-corrected chi connectivity index (χ2v) is 6.74. The number of hydrogen-bond donors (Lipinski definition) is 0. The number of sulfone groups is 1. The summed E-state index contributed by atoms with van der Waals surface area (Å²) in [6.45, 7) is 1.23. The molecule has 2 rings (SSSR count). The van der Waals surface area contributed by atoms with Gasteiger partial charge in [-0.15, -0.1) is 0 Å². The van der Waals surface area contributed by atoms with E-state index >= 15 is 0 Å². The molecule has 1 aromatic carbocycles. The zero-order valence-corrected chi connectivity index (χ0v) is 11.2. The highest BCUT2D eigenvalue weighted by Crippen LogP contribution is 2.28. The quantitative estimate of drug-likeness (QED) is 0.831. The van der Waals surface area contributed by atoms with Gasteiger partial charge in [-0.1, -0.05) is 12.5 Å². The average molecular weight is 272 g/mol. The number of halogens is 1. The Kier molecular flexibility index (Phi) is 4.02. The first-order valence-corrected chi connectivity index (χ1v) is 7.95. The molecule has 0 aromatic heterocycles. The Hall–Kier alpha value is -0.940. The van der Waals surface area contributed by atoms with Gasteiger partial charge in [0.1, 0.15) is 5.82 Å². The van der Waals surface area contributed by atoms with Crippen LogP contribution in [0.1, 0.15) is 30.7 Å². The molecule has 18 heavy (non-hydrogen) atoms. The van der Waals surface area contributed by atoms with Crippen molar-refractivity contribution >= 4 is 9.84 Å². The molecule has 5 heteroatoms. The van der Waals surface area contributed by atoms with Crippen LogP contribution in [0, 0.1) is 5.82 Å². The van der Waals surface area contributed by atoms with Crippen molar-refractivity contribution in [1.29, 1.82) is 0 Å². The van der Waals surface area contributed by atoms with Crippen molar-refractivity contribution < 1.29 is 17.5 Å². The van der Waals surface area contributed by atoms with Gasteiger partial charge in [-0.3, -0.25) is 0 Å². The lowest BCUT2D eigenvalue weighted by atomic mass is 9.94. The van der Waals surface area contributed by atoms with Crippen molar-refractivity contribution in [2.45, 2.75) is 30.1 Å². The zero-order chi connectivity index (χ0) is 13.2. The van der Waals surface area contributed by atoms with Crippen LogP contribution in [0.5, 0.6) is 0 Å². The lowest BCUT2D eigenvalue weighted by Gasteiger charge is -2.15. The van der Waals surface area contributed by atoms with Gasteiger partial charge in [-0.05, 0) is 30.5 Å². The molecule has 0 radical (unpaired) electrons. The normalized spacial score (nSPS) is 21.6. The Morgan fingerprint density at radius 1 is 1.33 bits per heavy atom. The standard InChI is InChI=1S/C13H17FO3S/c1-18(15,16)11-5-6-12(13(14)8-11)10-4-2-3-7-17-9-10/h5-6,8,10H,2-4,7,9H2,1H3. The summed E-state index contributed by atoms with van der Waals surface area (Å²) in [7, 11) is -3.35. The van der Waals surface area contributed by atoms with Crippen LogP contribution in [0.2, 0.25) is 0 Å². The summed E-state index contributed by atoms with van der Waals surface area (Å²) in [5.41, 5.74) is 0.560. The second kappa shape index (κ2) is 5.36. The van der Waals surface area contributed by atoms with Crippen LogP contribution in [0.4, 0.5) is 4.39 Å². The molecule has 1 saturated heterocycles. The third-order valence-corrected chi connectivity index (χ3v) is 4.36. The first-order chi connectivity index (χ1) is 8.48. The fourth-order valence-corrected chi connectivity index (χ4v) is 2.85. The highest BCUT2D eigenvalue weighted by molar-refractivity contribution is 7.90. The van der Waals surface area contributed by atoms with Crippen molar-refractivity contribution in [3.8, 4) is 0 Å². The predicted octanol–water partition coefficient (Wildman–Crippen LogP) is 2.51. The number of ether oxygens (including phenoxy) is 1. The lowest BCUT2D eigenvalue weighted by Crippen LogP contribution is -2.08. The maximum Gasteiger partial charge on any atom is 0.175 e. The molecule has 0 saturated carbocycles. The van der Waals surface area contributed by atoms with Gasteiger partial charge >= 0.3 is 0 Å². The third-order valence-electron chi connectivity index (χ3n) is 3.25. The van der Waals surface area contributed by atoms with E-state index in [4.69, 9.17) is 4.74 Å². The van der Waals surface area contributed by atoms with Gasteiger partial charge < -0.3 is 4.74 Å². The molecule has 1 aliphatic rings. The molecular formula is C13H17FO3S. The first kappa shape index (κ1) is 13.5. The van der Waals surface area contributed by atoms with Crippen LogP contribution in [0.3, 0.4) is 0 Å². The van der Waals surface area contributed by atoms with E-state index in [1.165, 1.54) is 6.07 Å². The molecule has 1 aromatic rings. The average Bonchev–Trinajstić information content (AvgIpc) is 2.56. The minimum absolute atomic E-state index is 0.0262. The fraction of sp³-hybridized carbons (Fsp3) is 0.538. The van der Waals surface area contributed by atoms with Gasteiger partial charge in [0, 0.05) is 18.8 Å². The predicted molar refractivity (Wildman–Crippen MR) is 66.9 cm³/mol. The van der Waals surface area contributed by atoms with Gasteiger partial charge in [0.25, 0.3) is 0 Å². The van der Waals surface area contributed by atoms with Gasteiger partial charge in [-0.2, -0.15) is 0 Å². The SMILES string of the molecule is CS(=O)(=O)c1ccc(C2CCCCOC2)c(F)c1. The number of rotatable bonds is 2. The maximum atomic E-state index is 14.0. The molecular weight excluding hydrogens is 255 g/mol. The summed E-state index contributed by atoms with van der Waals surface area (Å²) < 4.78 is 42.1. The van der Waals surface area contributed by atoms with E-state index in [1.807, 2.05) is 0 Å². The monoisotopic (exact) mass is 272 g/mol. The van der Waals surface area contributed by atoms with E-state index in [-0.39, 0.29) is 10.8 Å². The van der Waals surface area contributed by atoms with Crippen LogP contribution in [0.25, 0.3) is 0 Å². The topological polar surface area (TPSA) is 43.4 Å². The zero-order valence-electron chi connectivity index (χ0n) is 10.4. The Balaban J connectivity index is 2.29. The van der Waals surface area contributed by atoms with E-state index in [2.05, 4.69) is 0 Å². The number of benzene rings is 1. The summed E-state index contributed by atoms with van der Waals surface area (Å²) >= 11 is 0. The van der Waals surface area contributed by atoms with E-state index in [1.54, 1.807) is 6.07 Å². The molecule has 0 aliphatic carbocycles. The van der Waals surface area contributed by atoms with Crippen molar-refractivity contribution in [1.82, 2.24) is 0 Å². The largest absolute Gasteiger partial charge is 0.381 e. The summed E-state index contributed by atoms with van der Waals surface area (Å²) in [6, 6.07) is 4.15. The third kappa shape index (κ3) is 3.09. The van der Waals surface area contributed by atoms with E-state index in [0.717, 1.165) is 38.2 Å². The maximum absolute atomic E-state index is 14.0. The molecule has 1 aliphatic heterocycles. The highest BCUT2D eigenvalue weighted by atomic mass is 32.2. The number of hydrogen-bond acceptors (Lipinski definition) is 3. The van der Waals surface area contributed by atoms with Crippen molar-refractivity contribution in [2.24, 2.45) is 0 Å². The van der Waals surface area contributed by atoms with Crippen molar-refractivity contribution in [2.75, 3.05) is 19.5 Å². The van der Waals surface area contributed by atoms with E-state index in [0.29, 0.717) is 12.2 Å². The van der Waals surface area contributed by atoms with Crippen LogP contribution in [-0.2, 0) is 14.6 Å². The Bertz CT molecular complexity index is 517. The lowest BCUT2D eigenvalue weighted by molar-refractivity contribution is 0.133. The highest BCUT2D eigenvalue weighted by Gasteiger charge is 2.20. The molecule has 1 unspecified atom stereocenters. The molecule has 1 heterocycles. The second-order valence-electron chi connectivity index (χ2n) is 4.72. The van der Waals surface area contributed by atoms with Crippen LogP contribution in [-0.4, -0.2) is 27.9 Å². The minimum atomic E-state index is -3.35. The minimum Gasteiger partial charge on any atom is -0.381 e. The summed E-state index contributed by atoms with van der Waals surface area (Å²) in [4.78, 5) is 0.0262. The van der Waals surface area contributed by atoms with Crippen LogP contribution in [0.15, 0.2) is 23.1 Å². The van der Waals surface area contributed by atoms with Crippen LogP contribution < -0.4 is 0 Å². The van der Waals surface area contributed by atoms with Crippen molar-refractivity contribution in [3.05, 3.63) is 29.6 Å². The Labute approximate surface area is 107 Å². The fourth-order valence-electron chi connectivity index (χ4n) is 2.22. The summed E-state index contributed by atoms with van der Waals surface area (Å²) in [5, 5.41) is 0. The first-order valence-electron chi connectivity index (χ1n) is 6.06. The Morgan fingerprint density at radius 2 is 2.11 bits per heavy atom. The van der Waals surface area contributed by atoms with Crippen LogP contribution >= 0.6 is 0 Å². The van der Waals surface area contributed by atoms with Crippen molar-refractivity contribution in [3.63, 3.8) is 0 Å². The molecule has 100 valence electrons. The van der Waals surface area contributed by atoms with E-state index < -0.39 is 15.7 Å². The molecule has 1 atom stereocenters. The molecule has 0 amide bonds. The van der Waals surface area contributed by atoms with Gasteiger partial charge in [-0.25, -0.2) is 12.8 Å². The molecule has 3 nitrogen and oxygen atoms in total.